The number of carbonyl (C=O) groups is 1. The molecule has 1 aliphatic heterocycles. The lowest BCUT2D eigenvalue weighted by molar-refractivity contribution is 0.0949. The zero-order valence-corrected chi connectivity index (χ0v) is 24.5. The monoisotopic (exact) mass is 625 g/mol. The standard InChI is InChI=1S/C29H29BrClN5O2S/c30-23-18-33-27(35-29-34-22(19-39-29)10-8-20-6-2-1-3-7-20)17-25(23)38-26-16-21(9-11-24(26)31)28(37)32-12-15-36-13-4-5-14-36/h1-3,6-7,9,11,16-19H,4-5,8,10,12-15H2,(H,32,37)(H,33,34,35). The molecule has 3 heterocycles. The quantitative estimate of drug-likeness (QED) is 0.185. The fourth-order valence-corrected chi connectivity index (χ4v) is 5.56. The zero-order chi connectivity index (χ0) is 27.0. The molecule has 4 aromatic rings. The van der Waals surface area contributed by atoms with Crippen molar-refractivity contribution in [1.29, 1.82) is 0 Å². The molecule has 2 N–H and O–H groups in total. The normalized spacial score (nSPS) is 13.4. The number of nitrogens with zero attached hydrogens (tertiary/aromatic N) is 3. The van der Waals surface area contributed by atoms with Crippen molar-refractivity contribution in [1.82, 2.24) is 20.2 Å². The SMILES string of the molecule is O=C(NCCN1CCCC1)c1ccc(Cl)c(Oc2cc(Nc3nc(CCc4ccccc4)cs3)ncc2Br)c1. The summed E-state index contributed by atoms with van der Waals surface area (Å²) in [4.78, 5) is 24.2. The van der Waals surface area contributed by atoms with E-state index in [1.54, 1.807) is 30.5 Å². The molecule has 2 aromatic carbocycles. The highest BCUT2D eigenvalue weighted by molar-refractivity contribution is 9.10. The van der Waals surface area contributed by atoms with Crippen LogP contribution in [0.15, 0.2) is 70.6 Å². The van der Waals surface area contributed by atoms with Crippen LogP contribution in [0.4, 0.5) is 10.9 Å². The second kappa shape index (κ2) is 13.4. The van der Waals surface area contributed by atoms with Crippen molar-refractivity contribution < 1.29 is 9.53 Å². The third-order valence-electron chi connectivity index (χ3n) is 6.45. The molecule has 1 amide bonds. The summed E-state index contributed by atoms with van der Waals surface area (Å²) in [6.07, 6.45) is 5.92. The number of rotatable bonds is 11. The van der Waals surface area contributed by atoms with Gasteiger partial charge in [-0.05, 0) is 78.5 Å². The molecule has 0 bridgehead atoms. The predicted octanol–water partition coefficient (Wildman–Crippen LogP) is 7.10. The smallest absolute Gasteiger partial charge is 0.251 e. The highest BCUT2D eigenvalue weighted by atomic mass is 79.9. The Balaban J connectivity index is 1.21. The number of thiazole rings is 1. The van der Waals surface area contributed by atoms with Crippen molar-refractivity contribution >= 4 is 55.7 Å². The number of benzene rings is 2. The minimum absolute atomic E-state index is 0.154. The summed E-state index contributed by atoms with van der Waals surface area (Å²) in [6.45, 7) is 3.66. The van der Waals surface area contributed by atoms with Crippen LogP contribution in [0.3, 0.4) is 0 Å². The van der Waals surface area contributed by atoms with Gasteiger partial charge in [0.1, 0.15) is 17.3 Å². The first kappa shape index (κ1) is 27.6. The molecular weight excluding hydrogens is 598 g/mol. The maximum atomic E-state index is 12.7. The molecule has 7 nitrogen and oxygen atoms in total. The molecule has 0 spiro atoms. The molecule has 0 aliphatic carbocycles. The van der Waals surface area contributed by atoms with Gasteiger partial charge in [0.15, 0.2) is 5.13 Å². The van der Waals surface area contributed by atoms with E-state index in [0.29, 0.717) is 38.9 Å². The van der Waals surface area contributed by atoms with E-state index in [1.807, 2.05) is 6.07 Å². The number of carbonyl (C=O) groups excluding carboxylic acids is 1. The highest BCUT2D eigenvalue weighted by Crippen LogP contribution is 2.36. The van der Waals surface area contributed by atoms with Crippen LogP contribution in [0.1, 0.15) is 34.5 Å². The molecule has 202 valence electrons. The number of hydrogen-bond donors (Lipinski definition) is 2. The van der Waals surface area contributed by atoms with Crippen LogP contribution < -0.4 is 15.4 Å². The average Bonchev–Trinajstić information content (AvgIpc) is 3.63. The number of pyridine rings is 1. The number of ether oxygens (including phenoxy) is 1. The number of amides is 1. The Morgan fingerprint density at radius 3 is 2.72 bits per heavy atom. The largest absolute Gasteiger partial charge is 0.454 e. The van der Waals surface area contributed by atoms with E-state index in [4.69, 9.17) is 21.3 Å². The van der Waals surface area contributed by atoms with Crippen molar-refractivity contribution in [2.45, 2.75) is 25.7 Å². The van der Waals surface area contributed by atoms with Gasteiger partial charge in [-0.3, -0.25) is 4.79 Å². The Morgan fingerprint density at radius 1 is 1.08 bits per heavy atom. The van der Waals surface area contributed by atoms with Crippen LogP contribution in [0.5, 0.6) is 11.5 Å². The van der Waals surface area contributed by atoms with E-state index >= 15 is 0 Å². The van der Waals surface area contributed by atoms with Crippen LogP contribution in [0.25, 0.3) is 0 Å². The van der Waals surface area contributed by atoms with E-state index in [9.17, 15) is 4.79 Å². The number of halogens is 2. The lowest BCUT2D eigenvalue weighted by Crippen LogP contribution is -2.33. The molecule has 10 heteroatoms. The molecule has 1 aliphatic rings. The minimum Gasteiger partial charge on any atom is -0.454 e. The molecule has 1 fully saturated rings. The van der Waals surface area contributed by atoms with E-state index in [1.165, 1.54) is 29.7 Å². The van der Waals surface area contributed by atoms with Gasteiger partial charge in [0.05, 0.1) is 15.2 Å². The van der Waals surface area contributed by atoms with Crippen molar-refractivity contribution in [2.24, 2.45) is 0 Å². The van der Waals surface area contributed by atoms with Gasteiger partial charge in [-0.1, -0.05) is 41.9 Å². The van der Waals surface area contributed by atoms with Gasteiger partial charge in [-0.2, -0.15) is 0 Å². The topological polar surface area (TPSA) is 79.4 Å². The predicted molar refractivity (Wildman–Crippen MR) is 161 cm³/mol. The number of aryl methyl sites for hydroxylation is 2. The first-order valence-corrected chi connectivity index (χ1v) is 15.0. The Kier molecular flexibility index (Phi) is 9.47. The number of nitrogens with one attached hydrogen (secondary N) is 2. The van der Waals surface area contributed by atoms with Gasteiger partial charge >= 0.3 is 0 Å². The molecule has 0 atom stereocenters. The third-order valence-corrected chi connectivity index (χ3v) is 8.16. The lowest BCUT2D eigenvalue weighted by Gasteiger charge is -2.15. The van der Waals surface area contributed by atoms with Gasteiger partial charge in [-0.25, -0.2) is 9.97 Å². The first-order valence-electron chi connectivity index (χ1n) is 12.9. The summed E-state index contributed by atoms with van der Waals surface area (Å²) in [7, 11) is 0. The summed E-state index contributed by atoms with van der Waals surface area (Å²) in [5.41, 5.74) is 2.81. The van der Waals surface area contributed by atoms with Crippen molar-refractivity contribution in [3.05, 3.63) is 92.5 Å². The Labute approximate surface area is 245 Å². The van der Waals surface area contributed by atoms with E-state index in [-0.39, 0.29) is 5.91 Å². The molecule has 1 saturated heterocycles. The van der Waals surface area contributed by atoms with E-state index < -0.39 is 0 Å². The maximum Gasteiger partial charge on any atom is 0.251 e. The molecule has 0 saturated carbocycles. The Hall–Kier alpha value is -2.98. The van der Waals surface area contributed by atoms with Crippen LogP contribution in [-0.4, -0.2) is 47.0 Å². The van der Waals surface area contributed by atoms with Gasteiger partial charge in [0.2, 0.25) is 0 Å². The molecule has 0 unspecified atom stereocenters. The number of hydrogen-bond acceptors (Lipinski definition) is 7. The van der Waals surface area contributed by atoms with E-state index in [0.717, 1.165) is 43.3 Å². The fraction of sp³-hybridized carbons (Fsp3) is 0.276. The maximum absolute atomic E-state index is 12.7. The summed E-state index contributed by atoms with van der Waals surface area (Å²) < 4.78 is 6.78. The molecule has 2 aromatic heterocycles. The van der Waals surface area contributed by atoms with Gasteiger partial charge in [0, 0.05) is 36.3 Å². The summed E-state index contributed by atoms with van der Waals surface area (Å²) in [6, 6.07) is 17.2. The summed E-state index contributed by atoms with van der Waals surface area (Å²) in [5, 5.41) is 9.47. The Morgan fingerprint density at radius 2 is 1.90 bits per heavy atom. The van der Waals surface area contributed by atoms with Gasteiger partial charge in [-0.15, -0.1) is 11.3 Å². The molecule has 39 heavy (non-hydrogen) atoms. The third kappa shape index (κ3) is 7.79. The fourth-order valence-electron chi connectivity index (χ4n) is 4.35. The van der Waals surface area contributed by atoms with Crippen LogP contribution in [0, 0.1) is 0 Å². The van der Waals surface area contributed by atoms with Crippen molar-refractivity contribution in [3.63, 3.8) is 0 Å². The number of likely N-dealkylation sites (tertiary alicyclic amines) is 1. The van der Waals surface area contributed by atoms with Crippen molar-refractivity contribution in [2.75, 3.05) is 31.5 Å². The van der Waals surface area contributed by atoms with Crippen molar-refractivity contribution in [3.8, 4) is 11.5 Å². The van der Waals surface area contributed by atoms with Gasteiger partial charge < -0.3 is 20.3 Å². The molecule has 5 rings (SSSR count). The highest BCUT2D eigenvalue weighted by Gasteiger charge is 2.15. The minimum atomic E-state index is -0.154. The second-order valence-electron chi connectivity index (χ2n) is 9.31. The lowest BCUT2D eigenvalue weighted by atomic mass is 10.1. The summed E-state index contributed by atoms with van der Waals surface area (Å²) >= 11 is 11.5. The molecular formula is C29H29BrClN5O2S. The summed E-state index contributed by atoms with van der Waals surface area (Å²) in [5.74, 6) is 1.34. The number of aromatic nitrogens is 2. The van der Waals surface area contributed by atoms with Crippen LogP contribution in [-0.2, 0) is 12.8 Å². The zero-order valence-electron chi connectivity index (χ0n) is 21.3. The first-order chi connectivity index (χ1) is 19.0. The number of anilines is 2. The van der Waals surface area contributed by atoms with E-state index in [2.05, 4.69) is 66.1 Å². The Bertz CT molecular complexity index is 1410. The van der Waals surface area contributed by atoms with Gasteiger partial charge in [0.25, 0.3) is 5.91 Å². The van der Waals surface area contributed by atoms with Crippen LogP contribution >= 0.6 is 38.9 Å². The molecule has 0 radical (unpaired) electrons. The second-order valence-corrected chi connectivity index (χ2v) is 11.4. The van der Waals surface area contributed by atoms with Crippen LogP contribution in [0.2, 0.25) is 5.02 Å². The average molecular weight is 627 g/mol.